The largest absolute Gasteiger partial charge is 0.508 e. The van der Waals surface area contributed by atoms with Crippen molar-refractivity contribution in [3.63, 3.8) is 0 Å². The molecule has 0 spiro atoms. The first kappa shape index (κ1) is 14.5. The summed E-state index contributed by atoms with van der Waals surface area (Å²) in [6.45, 7) is 2.74. The van der Waals surface area contributed by atoms with E-state index in [-0.39, 0.29) is 5.75 Å². The van der Waals surface area contributed by atoms with E-state index in [0.717, 1.165) is 29.9 Å². The predicted molar refractivity (Wildman–Crippen MR) is 78.0 cm³/mol. The van der Waals surface area contributed by atoms with Crippen LogP contribution in [0, 0.1) is 0 Å². The molecule has 0 amide bonds. The molecule has 0 radical (unpaired) electrons. The van der Waals surface area contributed by atoms with E-state index in [2.05, 4.69) is 12.2 Å². The molecule has 1 unspecified atom stereocenters. The van der Waals surface area contributed by atoms with Gasteiger partial charge < -0.3 is 19.6 Å². The van der Waals surface area contributed by atoms with Crippen molar-refractivity contribution in [1.82, 2.24) is 5.32 Å². The lowest BCUT2D eigenvalue weighted by Crippen LogP contribution is -2.26. The Hall–Kier alpha value is -1.94. The quantitative estimate of drug-likeness (QED) is 0.815. The van der Waals surface area contributed by atoms with E-state index in [1.54, 1.807) is 25.5 Å². The highest BCUT2D eigenvalue weighted by molar-refractivity contribution is 5.39. The lowest BCUT2D eigenvalue weighted by Gasteiger charge is -2.14. The first-order valence-electron chi connectivity index (χ1n) is 6.80. The van der Waals surface area contributed by atoms with Crippen molar-refractivity contribution in [3.05, 3.63) is 47.9 Å². The van der Waals surface area contributed by atoms with Gasteiger partial charge in [0.25, 0.3) is 0 Å². The Balaban J connectivity index is 1.82. The van der Waals surface area contributed by atoms with Crippen LogP contribution in [0.5, 0.6) is 11.5 Å². The first-order chi connectivity index (χ1) is 9.69. The van der Waals surface area contributed by atoms with E-state index in [4.69, 9.17) is 9.15 Å². The number of rotatable bonds is 7. The summed E-state index contributed by atoms with van der Waals surface area (Å²) in [4.78, 5) is 0. The molecular weight excluding hydrogens is 254 g/mol. The molecule has 2 N–H and O–H groups in total. The third-order valence-corrected chi connectivity index (χ3v) is 3.33. The van der Waals surface area contributed by atoms with Gasteiger partial charge in [-0.3, -0.25) is 0 Å². The third kappa shape index (κ3) is 4.03. The first-order valence-corrected chi connectivity index (χ1v) is 6.80. The van der Waals surface area contributed by atoms with Crippen LogP contribution in [0.4, 0.5) is 0 Å². The van der Waals surface area contributed by atoms with Crippen LogP contribution in [0.15, 0.2) is 41.0 Å². The van der Waals surface area contributed by atoms with Gasteiger partial charge in [0.1, 0.15) is 17.3 Å². The molecule has 0 saturated heterocycles. The molecule has 4 nitrogen and oxygen atoms in total. The molecule has 0 aliphatic rings. The number of phenols is 1. The average molecular weight is 275 g/mol. The molecule has 0 fully saturated rings. The van der Waals surface area contributed by atoms with Gasteiger partial charge in [-0.1, -0.05) is 0 Å². The van der Waals surface area contributed by atoms with Gasteiger partial charge in [-0.25, -0.2) is 0 Å². The van der Waals surface area contributed by atoms with Gasteiger partial charge >= 0.3 is 0 Å². The van der Waals surface area contributed by atoms with Crippen LogP contribution in [-0.2, 0) is 13.0 Å². The maximum Gasteiger partial charge on any atom is 0.120 e. The molecule has 0 aliphatic heterocycles. The number of benzene rings is 1. The normalized spacial score (nSPS) is 12.3. The van der Waals surface area contributed by atoms with Crippen LogP contribution in [0.25, 0.3) is 0 Å². The number of methoxy groups -OCH3 is 1. The Morgan fingerprint density at radius 3 is 2.90 bits per heavy atom. The minimum Gasteiger partial charge on any atom is -0.508 e. The molecule has 108 valence electrons. The maximum absolute atomic E-state index is 9.81. The summed E-state index contributed by atoms with van der Waals surface area (Å²) < 4.78 is 10.5. The van der Waals surface area contributed by atoms with E-state index >= 15 is 0 Å². The summed E-state index contributed by atoms with van der Waals surface area (Å²) in [6, 6.07) is 9.48. The summed E-state index contributed by atoms with van der Waals surface area (Å²) in [5.41, 5.74) is 0.842. The van der Waals surface area contributed by atoms with Crippen molar-refractivity contribution in [2.24, 2.45) is 0 Å². The van der Waals surface area contributed by atoms with Gasteiger partial charge in [-0.2, -0.15) is 0 Å². The number of nitrogens with one attached hydrogen (secondary N) is 1. The van der Waals surface area contributed by atoms with Crippen molar-refractivity contribution in [1.29, 1.82) is 0 Å². The molecular formula is C16H21NO3. The number of hydrogen-bond acceptors (Lipinski definition) is 4. The molecule has 20 heavy (non-hydrogen) atoms. The fraction of sp³-hybridized carbons (Fsp3) is 0.375. The minimum absolute atomic E-state index is 0.288. The Kier molecular flexibility index (Phi) is 5.07. The van der Waals surface area contributed by atoms with Crippen molar-refractivity contribution in [3.8, 4) is 11.5 Å². The third-order valence-electron chi connectivity index (χ3n) is 3.33. The standard InChI is InChI=1S/C16H21NO3/c1-12(5-6-14-4-3-9-20-14)17-11-13-10-15(19-2)7-8-16(13)18/h3-4,7-10,12,17-18H,5-6,11H2,1-2H3. The van der Waals surface area contributed by atoms with Crippen molar-refractivity contribution in [2.75, 3.05) is 7.11 Å². The number of furan rings is 1. The van der Waals surface area contributed by atoms with Crippen molar-refractivity contribution >= 4 is 0 Å². The van der Waals surface area contributed by atoms with Crippen LogP contribution < -0.4 is 10.1 Å². The molecule has 0 aliphatic carbocycles. The van der Waals surface area contributed by atoms with Gasteiger partial charge in [0.2, 0.25) is 0 Å². The highest BCUT2D eigenvalue weighted by atomic mass is 16.5. The molecule has 1 aromatic carbocycles. The zero-order valence-corrected chi connectivity index (χ0v) is 11.9. The summed E-state index contributed by atoms with van der Waals surface area (Å²) in [5.74, 6) is 2.04. The molecule has 2 aromatic rings. The topological polar surface area (TPSA) is 54.6 Å². The van der Waals surface area contributed by atoms with Gasteiger partial charge in [0.15, 0.2) is 0 Å². The van der Waals surface area contributed by atoms with Crippen LogP contribution >= 0.6 is 0 Å². The molecule has 1 heterocycles. The van der Waals surface area contributed by atoms with E-state index < -0.39 is 0 Å². The van der Waals surface area contributed by atoms with E-state index in [9.17, 15) is 5.11 Å². The van der Waals surface area contributed by atoms with Gasteiger partial charge in [-0.15, -0.1) is 0 Å². The summed E-state index contributed by atoms with van der Waals surface area (Å²) in [5, 5.41) is 13.2. The predicted octanol–water partition coefficient (Wildman–Crippen LogP) is 3.10. The lowest BCUT2D eigenvalue weighted by molar-refractivity contribution is 0.408. The smallest absolute Gasteiger partial charge is 0.120 e. The minimum atomic E-state index is 0.288. The molecule has 0 bridgehead atoms. The van der Waals surface area contributed by atoms with Crippen LogP contribution in [0.3, 0.4) is 0 Å². The highest BCUT2D eigenvalue weighted by Crippen LogP contribution is 2.22. The highest BCUT2D eigenvalue weighted by Gasteiger charge is 2.07. The Labute approximate surface area is 119 Å². The number of phenolic OH excluding ortho intramolecular Hbond substituents is 1. The number of ether oxygens (including phenoxy) is 1. The summed E-state index contributed by atoms with van der Waals surface area (Å²) >= 11 is 0. The number of aromatic hydroxyl groups is 1. The second-order valence-corrected chi connectivity index (χ2v) is 4.89. The van der Waals surface area contributed by atoms with Crippen molar-refractivity contribution < 1.29 is 14.3 Å². The summed E-state index contributed by atoms with van der Waals surface area (Å²) in [7, 11) is 1.62. The summed E-state index contributed by atoms with van der Waals surface area (Å²) in [6.07, 6.45) is 3.59. The molecule has 1 atom stereocenters. The molecule has 2 rings (SSSR count). The van der Waals surface area contributed by atoms with E-state index in [1.807, 2.05) is 18.2 Å². The van der Waals surface area contributed by atoms with Gasteiger partial charge in [-0.05, 0) is 43.7 Å². The van der Waals surface area contributed by atoms with Crippen molar-refractivity contribution in [2.45, 2.75) is 32.4 Å². The monoisotopic (exact) mass is 275 g/mol. The zero-order chi connectivity index (χ0) is 14.4. The SMILES string of the molecule is COc1ccc(O)c(CNC(C)CCc2ccco2)c1. The second-order valence-electron chi connectivity index (χ2n) is 4.89. The Morgan fingerprint density at radius 1 is 1.35 bits per heavy atom. The fourth-order valence-electron chi connectivity index (χ4n) is 2.03. The van der Waals surface area contributed by atoms with Gasteiger partial charge in [0.05, 0.1) is 13.4 Å². The van der Waals surface area contributed by atoms with E-state index in [0.29, 0.717) is 12.6 Å². The fourth-order valence-corrected chi connectivity index (χ4v) is 2.03. The lowest BCUT2D eigenvalue weighted by atomic mass is 10.1. The van der Waals surface area contributed by atoms with E-state index in [1.165, 1.54) is 0 Å². The number of hydrogen-bond donors (Lipinski definition) is 2. The second kappa shape index (κ2) is 7.01. The van der Waals surface area contributed by atoms with Crippen LogP contribution in [0.1, 0.15) is 24.7 Å². The average Bonchev–Trinajstić information content (AvgIpc) is 2.97. The van der Waals surface area contributed by atoms with Crippen LogP contribution in [0.2, 0.25) is 0 Å². The van der Waals surface area contributed by atoms with Crippen LogP contribution in [-0.4, -0.2) is 18.3 Å². The molecule has 4 heteroatoms. The number of aryl methyl sites for hydroxylation is 1. The Morgan fingerprint density at radius 2 is 2.20 bits per heavy atom. The molecule has 0 saturated carbocycles. The molecule has 1 aromatic heterocycles. The maximum atomic E-state index is 9.81. The zero-order valence-electron chi connectivity index (χ0n) is 11.9. The Bertz CT molecular complexity index is 523. The van der Waals surface area contributed by atoms with Gasteiger partial charge in [0, 0.05) is 24.6 Å².